The quantitative estimate of drug-likeness (QED) is 0.840. The number of ether oxygens (including phenoxy) is 1. The van der Waals surface area contributed by atoms with E-state index in [0.717, 1.165) is 17.9 Å². The lowest BCUT2D eigenvalue weighted by Crippen LogP contribution is -2.17. The zero-order valence-electron chi connectivity index (χ0n) is 14.6. The third-order valence-electron chi connectivity index (χ3n) is 3.44. The van der Waals surface area contributed by atoms with E-state index in [9.17, 15) is 4.79 Å². The summed E-state index contributed by atoms with van der Waals surface area (Å²) in [5.74, 6) is 1.14. The molecule has 6 nitrogen and oxygen atoms in total. The molecule has 0 aliphatic rings. The molecule has 0 unspecified atom stereocenters. The molecule has 0 spiro atoms. The summed E-state index contributed by atoms with van der Waals surface area (Å²) < 4.78 is 10.9. The maximum Gasteiger partial charge on any atom is 0.341 e. The van der Waals surface area contributed by atoms with Gasteiger partial charge in [-0.2, -0.15) is 0 Å². The smallest absolute Gasteiger partial charge is 0.341 e. The average Bonchev–Trinajstić information content (AvgIpc) is 2.95. The number of rotatable bonds is 7. The molecular formula is C18H24N2O4. The lowest BCUT2D eigenvalue weighted by atomic mass is 9.94. The Hall–Kier alpha value is -2.34. The summed E-state index contributed by atoms with van der Waals surface area (Å²) in [6.07, 6.45) is 1.79. The van der Waals surface area contributed by atoms with Gasteiger partial charge in [-0.15, -0.1) is 0 Å². The van der Waals surface area contributed by atoms with Crippen molar-refractivity contribution in [2.45, 2.75) is 39.3 Å². The number of benzene rings is 1. The van der Waals surface area contributed by atoms with Gasteiger partial charge in [0.15, 0.2) is 6.61 Å². The summed E-state index contributed by atoms with van der Waals surface area (Å²) in [5, 5.41) is 8.59. The number of carbonyl (C=O) groups is 1. The van der Waals surface area contributed by atoms with Crippen molar-refractivity contribution < 1.29 is 19.1 Å². The molecule has 0 aliphatic carbocycles. The van der Waals surface area contributed by atoms with E-state index in [1.165, 1.54) is 0 Å². The van der Waals surface area contributed by atoms with Gasteiger partial charge in [0.2, 0.25) is 5.89 Å². The van der Waals surface area contributed by atoms with Gasteiger partial charge in [-0.25, -0.2) is 9.78 Å². The molecule has 0 bridgehead atoms. The molecule has 0 fully saturated rings. The van der Waals surface area contributed by atoms with Crippen LogP contribution in [-0.2, 0) is 23.3 Å². The number of aliphatic carboxylic acids is 1. The Morgan fingerprint density at radius 2 is 1.92 bits per heavy atom. The molecular weight excluding hydrogens is 308 g/mol. The van der Waals surface area contributed by atoms with Crippen LogP contribution in [0.4, 0.5) is 0 Å². The monoisotopic (exact) mass is 332 g/mol. The molecule has 6 heteroatoms. The van der Waals surface area contributed by atoms with Crippen LogP contribution in [0.25, 0.3) is 0 Å². The molecule has 0 aliphatic heterocycles. The van der Waals surface area contributed by atoms with Crippen molar-refractivity contribution in [2.24, 2.45) is 0 Å². The Labute approximate surface area is 142 Å². The highest BCUT2D eigenvalue weighted by atomic mass is 16.5. The largest absolute Gasteiger partial charge is 0.482 e. The molecule has 2 aromatic rings. The van der Waals surface area contributed by atoms with Crippen molar-refractivity contribution in [2.75, 3.05) is 13.7 Å². The van der Waals surface area contributed by atoms with Crippen LogP contribution in [0.15, 0.2) is 34.9 Å². The van der Waals surface area contributed by atoms with E-state index >= 15 is 0 Å². The predicted octanol–water partition coefficient (Wildman–Crippen LogP) is 3.07. The van der Waals surface area contributed by atoms with Crippen LogP contribution in [0, 0.1) is 0 Å². The van der Waals surface area contributed by atoms with Crippen molar-refractivity contribution >= 4 is 5.97 Å². The highest BCUT2D eigenvalue weighted by molar-refractivity contribution is 5.68. The first kappa shape index (κ1) is 18.0. The van der Waals surface area contributed by atoms with Gasteiger partial charge in [-0.3, -0.25) is 4.90 Å². The number of oxazole rings is 1. The second-order valence-corrected chi connectivity index (χ2v) is 6.87. The summed E-state index contributed by atoms with van der Waals surface area (Å²) in [6.45, 7) is 7.29. The van der Waals surface area contributed by atoms with Crippen molar-refractivity contribution in [3.63, 3.8) is 0 Å². The van der Waals surface area contributed by atoms with Crippen LogP contribution in [0.3, 0.4) is 0 Å². The lowest BCUT2D eigenvalue weighted by molar-refractivity contribution is -0.139. The van der Waals surface area contributed by atoms with E-state index in [0.29, 0.717) is 18.2 Å². The van der Waals surface area contributed by atoms with Crippen molar-refractivity contribution in [3.05, 3.63) is 47.7 Å². The first-order valence-corrected chi connectivity index (χ1v) is 7.81. The van der Waals surface area contributed by atoms with E-state index in [2.05, 4.69) is 30.7 Å². The van der Waals surface area contributed by atoms with Gasteiger partial charge in [0, 0.05) is 12.0 Å². The number of nitrogens with zero attached hydrogens (tertiary/aromatic N) is 2. The van der Waals surface area contributed by atoms with E-state index in [-0.39, 0.29) is 12.0 Å². The molecule has 1 N–H and O–H groups in total. The van der Waals surface area contributed by atoms with Crippen molar-refractivity contribution in [3.8, 4) is 5.75 Å². The molecule has 24 heavy (non-hydrogen) atoms. The standard InChI is InChI=1S/C18H24N2O4/c1-18(2,3)15-9-19-16(24-15)11-20(4)10-13-5-7-14(8-6-13)23-12-17(21)22/h5-9H,10-12H2,1-4H3,(H,21,22). The molecule has 130 valence electrons. The molecule has 0 saturated heterocycles. The van der Waals surface area contributed by atoms with Gasteiger partial charge < -0.3 is 14.3 Å². The lowest BCUT2D eigenvalue weighted by Gasteiger charge is -2.16. The van der Waals surface area contributed by atoms with Crippen LogP contribution < -0.4 is 4.74 Å². The van der Waals surface area contributed by atoms with E-state index in [1.807, 2.05) is 19.2 Å². The second kappa shape index (κ2) is 7.49. The summed E-state index contributed by atoms with van der Waals surface area (Å²) in [6, 6.07) is 7.39. The van der Waals surface area contributed by atoms with E-state index in [4.69, 9.17) is 14.3 Å². The number of carboxylic acids is 1. The maximum absolute atomic E-state index is 10.5. The molecule has 1 aromatic carbocycles. The third kappa shape index (κ3) is 5.38. The highest BCUT2D eigenvalue weighted by Gasteiger charge is 2.19. The van der Waals surface area contributed by atoms with Gasteiger partial charge >= 0.3 is 5.97 Å². The van der Waals surface area contributed by atoms with Crippen LogP contribution in [-0.4, -0.2) is 34.6 Å². The number of hydrogen-bond acceptors (Lipinski definition) is 5. The Balaban J connectivity index is 1.89. The topological polar surface area (TPSA) is 75.8 Å². The third-order valence-corrected chi connectivity index (χ3v) is 3.44. The maximum atomic E-state index is 10.5. The SMILES string of the molecule is CN(Cc1ccc(OCC(=O)O)cc1)Cc1ncc(C(C)(C)C)o1. The van der Waals surface area contributed by atoms with Gasteiger partial charge in [-0.1, -0.05) is 32.9 Å². The number of carboxylic acid groups (broad SMARTS) is 1. The van der Waals surface area contributed by atoms with Gasteiger partial charge in [0.05, 0.1) is 12.7 Å². The van der Waals surface area contributed by atoms with Gasteiger partial charge in [-0.05, 0) is 24.7 Å². The first-order valence-electron chi connectivity index (χ1n) is 7.81. The molecule has 2 rings (SSSR count). The minimum Gasteiger partial charge on any atom is -0.482 e. The van der Waals surface area contributed by atoms with Gasteiger partial charge in [0.25, 0.3) is 0 Å². The minimum absolute atomic E-state index is 0.0460. The fraction of sp³-hybridized carbons (Fsp3) is 0.444. The van der Waals surface area contributed by atoms with Crippen LogP contribution >= 0.6 is 0 Å². The zero-order valence-corrected chi connectivity index (χ0v) is 14.6. The van der Waals surface area contributed by atoms with Gasteiger partial charge in [0.1, 0.15) is 11.5 Å². The zero-order chi connectivity index (χ0) is 17.7. The number of aromatic nitrogens is 1. The summed E-state index contributed by atoms with van der Waals surface area (Å²) in [7, 11) is 2.00. The molecule has 0 atom stereocenters. The number of hydrogen-bond donors (Lipinski definition) is 1. The molecule has 0 saturated carbocycles. The molecule has 1 aromatic heterocycles. The second-order valence-electron chi connectivity index (χ2n) is 6.87. The first-order chi connectivity index (χ1) is 11.2. The predicted molar refractivity (Wildman–Crippen MR) is 89.9 cm³/mol. The molecule has 0 radical (unpaired) electrons. The van der Waals surface area contributed by atoms with Crippen LogP contribution in [0.5, 0.6) is 5.75 Å². The fourth-order valence-corrected chi connectivity index (χ4v) is 2.16. The van der Waals surface area contributed by atoms with E-state index in [1.54, 1.807) is 18.3 Å². The van der Waals surface area contributed by atoms with Crippen LogP contribution in [0.1, 0.15) is 38.0 Å². The van der Waals surface area contributed by atoms with Crippen molar-refractivity contribution in [1.82, 2.24) is 9.88 Å². The normalized spacial score (nSPS) is 11.7. The van der Waals surface area contributed by atoms with Crippen molar-refractivity contribution in [1.29, 1.82) is 0 Å². The highest BCUT2D eigenvalue weighted by Crippen LogP contribution is 2.23. The summed E-state index contributed by atoms with van der Waals surface area (Å²) >= 11 is 0. The fourth-order valence-electron chi connectivity index (χ4n) is 2.16. The minimum atomic E-state index is -0.987. The Kier molecular flexibility index (Phi) is 5.62. The van der Waals surface area contributed by atoms with E-state index < -0.39 is 5.97 Å². The molecule has 0 amide bonds. The van der Waals surface area contributed by atoms with Crippen LogP contribution in [0.2, 0.25) is 0 Å². The average molecular weight is 332 g/mol. The summed E-state index contributed by atoms with van der Waals surface area (Å²) in [5.41, 5.74) is 1.05. The Morgan fingerprint density at radius 3 is 2.46 bits per heavy atom. The summed E-state index contributed by atoms with van der Waals surface area (Å²) in [4.78, 5) is 16.9. The Morgan fingerprint density at radius 1 is 1.25 bits per heavy atom. The molecule has 1 heterocycles. The Bertz CT molecular complexity index is 671.